The number of aryl methyl sites for hydroxylation is 1. The molecule has 1 heterocycles. The van der Waals surface area contributed by atoms with Crippen LogP contribution in [-0.4, -0.2) is 18.1 Å². The van der Waals surface area contributed by atoms with Gasteiger partial charge in [-0.3, -0.25) is 4.98 Å². The number of aromatic nitrogens is 1. The lowest BCUT2D eigenvalue weighted by molar-refractivity contribution is 0.413. The van der Waals surface area contributed by atoms with Gasteiger partial charge in [-0.15, -0.1) is 0 Å². The Hall–Kier alpha value is -1.87. The fraction of sp³-hybridized carbons (Fsp3) is 0.389. The first kappa shape index (κ1) is 14.1. The van der Waals surface area contributed by atoms with Crippen LogP contribution >= 0.6 is 0 Å². The number of hydrogen-bond acceptors (Lipinski definition) is 3. The summed E-state index contributed by atoms with van der Waals surface area (Å²) in [5, 5.41) is 3.53. The molecule has 2 aromatic rings. The van der Waals surface area contributed by atoms with Crippen molar-refractivity contribution in [1.82, 2.24) is 10.3 Å². The number of pyridine rings is 1. The molecule has 110 valence electrons. The topological polar surface area (TPSA) is 34.1 Å². The molecule has 0 radical (unpaired) electrons. The van der Waals surface area contributed by atoms with Gasteiger partial charge >= 0.3 is 0 Å². The Morgan fingerprint density at radius 3 is 2.76 bits per heavy atom. The molecule has 0 saturated heterocycles. The lowest BCUT2D eigenvalue weighted by atomic mass is 9.99. The summed E-state index contributed by atoms with van der Waals surface area (Å²) in [4.78, 5) is 4.39. The highest BCUT2D eigenvalue weighted by Gasteiger charge is 2.20. The third-order valence-corrected chi connectivity index (χ3v) is 4.16. The fourth-order valence-electron chi connectivity index (χ4n) is 2.56. The Bertz CT molecular complexity index is 648. The third kappa shape index (κ3) is 3.08. The second-order valence-electron chi connectivity index (χ2n) is 5.83. The maximum atomic E-state index is 5.62. The van der Waals surface area contributed by atoms with Crippen LogP contribution in [0.5, 0.6) is 5.75 Å². The average molecular weight is 282 g/mol. The smallest absolute Gasteiger partial charge is 0.129 e. The second kappa shape index (κ2) is 5.86. The molecule has 3 nitrogen and oxygen atoms in total. The summed E-state index contributed by atoms with van der Waals surface area (Å²) in [5.74, 6) is 0.948. The van der Waals surface area contributed by atoms with E-state index in [-0.39, 0.29) is 0 Å². The molecule has 0 amide bonds. The first-order valence-electron chi connectivity index (χ1n) is 7.51. The molecule has 1 N–H and O–H groups in total. The van der Waals surface area contributed by atoms with Crippen LogP contribution in [0.4, 0.5) is 0 Å². The lowest BCUT2D eigenvalue weighted by Crippen LogP contribution is -2.15. The first-order valence-corrected chi connectivity index (χ1v) is 7.51. The van der Waals surface area contributed by atoms with Crippen molar-refractivity contribution < 1.29 is 4.74 Å². The van der Waals surface area contributed by atoms with Crippen LogP contribution in [0.15, 0.2) is 30.6 Å². The Morgan fingerprint density at radius 1 is 1.24 bits per heavy atom. The molecule has 1 aliphatic carbocycles. The van der Waals surface area contributed by atoms with Crippen molar-refractivity contribution in [3.63, 3.8) is 0 Å². The van der Waals surface area contributed by atoms with Gasteiger partial charge in [0, 0.05) is 36.1 Å². The van der Waals surface area contributed by atoms with E-state index in [9.17, 15) is 0 Å². The van der Waals surface area contributed by atoms with Crippen molar-refractivity contribution in [2.75, 3.05) is 7.11 Å². The maximum absolute atomic E-state index is 5.62. The van der Waals surface area contributed by atoms with E-state index >= 15 is 0 Å². The van der Waals surface area contributed by atoms with E-state index in [1.807, 2.05) is 12.4 Å². The van der Waals surface area contributed by atoms with Crippen molar-refractivity contribution in [3.8, 4) is 16.9 Å². The zero-order valence-electron chi connectivity index (χ0n) is 12.9. The molecular weight excluding hydrogens is 260 g/mol. The van der Waals surface area contributed by atoms with Gasteiger partial charge < -0.3 is 10.1 Å². The van der Waals surface area contributed by atoms with Crippen LogP contribution < -0.4 is 10.1 Å². The summed E-state index contributed by atoms with van der Waals surface area (Å²) in [6.45, 7) is 5.10. The van der Waals surface area contributed by atoms with Crippen molar-refractivity contribution in [3.05, 3.63) is 47.3 Å². The van der Waals surface area contributed by atoms with Crippen LogP contribution in [-0.2, 0) is 6.54 Å². The minimum absolute atomic E-state index is 0.713. The Morgan fingerprint density at radius 2 is 2.05 bits per heavy atom. The van der Waals surface area contributed by atoms with E-state index in [2.05, 4.69) is 42.3 Å². The minimum atomic E-state index is 0.713. The number of nitrogens with one attached hydrogen (secondary N) is 1. The van der Waals surface area contributed by atoms with Gasteiger partial charge in [-0.05, 0) is 49.4 Å². The van der Waals surface area contributed by atoms with Crippen LogP contribution in [0.2, 0.25) is 0 Å². The fourth-order valence-corrected chi connectivity index (χ4v) is 2.56. The highest BCUT2D eigenvalue weighted by molar-refractivity contribution is 5.72. The van der Waals surface area contributed by atoms with Gasteiger partial charge in [0.05, 0.1) is 7.11 Å². The third-order valence-electron chi connectivity index (χ3n) is 4.16. The number of methoxy groups -OCH3 is 1. The van der Waals surface area contributed by atoms with Crippen LogP contribution in [0.1, 0.15) is 29.5 Å². The SMILES string of the molecule is COc1c(-c2cncc(CNC3CC3)c2)ccc(C)c1C. The normalized spacial score (nSPS) is 14.2. The van der Waals surface area contributed by atoms with Crippen molar-refractivity contribution in [2.24, 2.45) is 0 Å². The lowest BCUT2D eigenvalue weighted by Gasteiger charge is -2.14. The van der Waals surface area contributed by atoms with Gasteiger partial charge in [-0.1, -0.05) is 12.1 Å². The van der Waals surface area contributed by atoms with Gasteiger partial charge in [0.2, 0.25) is 0 Å². The minimum Gasteiger partial charge on any atom is -0.496 e. The molecule has 3 rings (SSSR count). The predicted molar refractivity (Wildman–Crippen MR) is 85.6 cm³/mol. The summed E-state index contributed by atoms with van der Waals surface area (Å²) in [6, 6.07) is 7.18. The second-order valence-corrected chi connectivity index (χ2v) is 5.83. The van der Waals surface area contributed by atoms with Crippen molar-refractivity contribution in [1.29, 1.82) is 0 Å². The molecule has 0 atom stereocenters. The molecule has 1 aliphatic rings. The van der Waals surface area contributed by atoms with Crippen LogP contribution in [0.3, 0.4) is 0 Å². The number of ether oxygens (including phenoxy) is 1. The largest absolute Gasteiger partial charge is 0.496 e. The Labute approximate surface area is 126 Å². The van der Waals surface area contributed by atoms with E-state index in [0.717, 1.165) is 23.4 Å². The monoisotopic (exact) mass is 282 g/mol. The zero-order valence-corrected chi connectivity index (χ0v) is 12.9. The van der Waals surface area contributed by atoms with E-state index in [1.165, 1.54) is 29.5 Å². The molecule has 21 heavy (non-hydrogen) atoms. The summed E-state index contributed by atoms with van der Waals surface area (Å²) in [6.07, 6.45) is 6.45. The molecule has 1 saturated carbocycles. The van der Waals surface area contributed by atoms with Crippen molar-refractivity contribution >= 4 is 0 Å². The predicted octanol–water partition coefficient (Wildman–Crippen LogP) is 3.63. The summed E-state index contributed by atoms with van der Waals surface area (Å²) in [7, 11) is 1.73. The molecule has 3 heteroatoms. The zero-order chi connectivity index (χ0) is 14.8. The quantitative estimate of drug-likeness (QED) is 0.909. The molecule has 1 fully saturated rings. The van der Waals surface area contributed by atoms with Crippen LogP contribution in [0.25, 0.3) is 11.1 Å². The highest BCUT2D eigenvalue weighted by Crippen LogP contribution is 2.34. The van der Waals surface area contributed by atoms with E-state index in [4.69, 9.17) is 4.74 Å². The van der Waals surface area contributed by atoms with E-state index in [1.54, 1.807) is 7.11 Å². The van der Waals surface area contributed by atoms with Gasteiger partial charge in [0.25, 0.3) is 0 Å². The van der Waals surface area contributed by atoms with Gasteiger partial charge in [0.15, 0.2) is 0 Å². The van der Waals surface area contributed by atoms with Gasteiger partial charge in [0.1, 0.15) is 5.75 Å². The number of rotatable bonds is 5. The van der Waals surface area contributed by atoms with Gasteiger partial charge in [-0.2, -0.15) is 0 Å². The average Bonchev–Trinajstić information content (AvgIpc) is 3.32. The molecule has 0 aliphatic heterocycles. The highest BCUT2D eigenvalue weighted by atomic mass is 16.5. The molecule has 0 unspecified atom stereocenters. The standard InChI is InChI=1S/C18H22N2O/c1-12-4-7-17(18(21-3)13(12)2)15-8-14(9-19-11-15)10-20-16-5-6-16/h4,7-9,11,16,20H,5-6,10H2,1-3H3. The summed E-state index contributed by atoms with van der Waals surface area (Å²) >= 11 is 0. The molecule has 1 aromatic heterocycles. The Kier molecular flexibility index (Phi) is 3.93. The first-order chi connectivity index (χ1) is 10.2. The number of nitrogens with zero attached hydrogens (tertiary/aromatic N) is 1. The number of benzene rings is 1. The van der Waals surface area contributed by atoms with Crippen LogP contribution in [0, 0.1) is 13.8 Å². The number of hydrogen-bond donors (Lipinski definition) is 1. The maximum Gasteiger partial charge on any atom is 0.129 e. The van der Waals surface area contributed by atoms with E-state index < -0.39 is 0 Å². The molecule has 0 bridgehead atoms. The molecular formula is C18H22N2O. The van der Waals surface area contributed by atoms with E-state index in [0.29, 0.717) is 6.04 Å². The summed E-state index contributed by atoms with van der Waals surface area (Å²) < 4.78 is 5.62. The van der Waals surface area contributed by atoms with Gasteiger partial charge in [-0.25, -0.2) is 0 Å². The molecule has 0 spiro atoms. The molecule has 1 aromatic carbocycles. The summed E-state index contributed by atoms with van der Waals surface area (Å²) in [5.41, 5.74) is 5.89. The van der Waals surface area contributed by atoms with Crippen molar-refractivity contribution in [2.45, 2.75) is 39.3 Å². The Balaban J connectivity index is 1.92.